The van der Waals surface area contributed by atoms with Crippen LogP contribution in [0, 0.1) is 12.7 Å². The minimum absolute atomic E-state index is 0.122. The van der Waals surface area contributed by atoms with Crippen LogP contribution in [0.4, 0.5) is 4.39 Å². The summed E-state index contributed by atoms with van der Waals surface area (Å²) in [5.74, 6) is -0.296. The second-order valence-electron chi connectivity index (χ2n) is 4.03. The molecular weight excluding hydrogens is 235 g/mol. The third-order valence-corrected chi connectivity index (χ3v) is 3.75. The van der Waals surface area contributed by atoms with Gasteiger partial charge in [-0.2, -0.15) is 0 Å². The number of aromatic nitrogens is 1. The first-order valence-electron chi connectivity index (χ1n) is 5.54. The molecule has 90 valence electrons. The molecule has 0 aliphatic carbocycles. The largest absolute Gasteiger partial charge is 0.304 e. The van der Waals surface area contributed by atoms with E-state index in [9.17, 15) is 4.39 Å². The molecule has 0 fully saturated rings. The number of hydrogen-bond acceptors (Lipinski definition) is 3. The smallest absolute Gasteiger partial charge is 0.141 e. The van der Waals surface area contributed by atoms with Gasteiger partial charge in [-0.05, 0) is 43.0 Å². The van der Waals surface area contributed by atoms with Crippen LogP contribution in [0.15, 0.2) is 29.8 Å². The van der Waals surface area contributed by atoms with E-state index in [-0.39, 0.29) is 11.9 Å². The first kappa shape index (κ1) is 12.2. The van der Waals surface area contributed by atoms with Crippen LogP contribution in [0.2, 0.25) is 0 Å². The molecule has 0 spiro atoms. The van der Waals surface area contributed by atoms with Gasteiger partial charge in [-0.3, -0.25) is 4.98 Å². The summed E-state index contributed by atoms with van der Waals surface area (Å²) in [4.78, 5) is 5.40. The van der Waals surface area contributed by atoms with E-state index in [1.807, 2.05) is 6.92 Å². The van der Waals surface area contributed by atoms with Gasteiger partial charge in [0.1, 0.15) is 5.82 Å². The van der Waals surface area contributed by atoms with Crippen LogP contribution < -0.4 is 5.32 Å². The average Bonchev–Trinajstić information content (AvgIpc) is 2.73. The Morgan fingerprint density at radius 1 is 1.41 bits per heavy atom. The Hall–Kier alpha value is -1.26. The predicted molar refractivity (Wildman–Crippen MR) is 68.5 cm³/mol. The summed E-state index contributed by atoms with van der Waals surface area (Å²) in [6, 6.07) is 5.39. The van der Waals surface area contributed by atoms with Crippen molar-refractivity contribution in [1.29, 1.82) is 0 Å². The SMILES string of the molecule is Cc1ccsc1CNC(C)c1ccc(F)cn1. The molecule has 0 aromatic carbocycles. The molecule has 2 aromatic rings. The monoisotopic (exact) mass is 250 g/mol. The summed E-state index contributed by atoms with van der Waals surface area (Å²) in [6.45, 7) is 4.96. The van der Waals surface area contributed by atoms with Crippen LogP contribution in [0.1, 0.15) is 29.1 Å². The Morgan fingerprint density at radius 2 is 2.24 bits per heavy atom. The van der Waals surface area contributed by atoms with Gasteiger partial charge in [0.25, 0.3) is 0 Å². The molecule has 4 heteroatoms. The summed E-state index contributed by atoms with van der Waals surface area (Å²) in [5, 5.41) is 5.48. The summed E-state index contributed by atoms with van der Waals surface area (Å²) >= 11 is 1.75. The van der Waals surface area contributed by atoms with Gasteiger partial charge in [-0.1, -0.05) is 0 Å². The lowest BCUT2D eigenvalue weighted by molar-refractivity contribution is 0.557. The summed E-state index contributed by atoms with van der Waals surface area (Å²) in [6.07, 6.45) is 1.25. The maximum atomic E-state index is 12.7. The van der Waals surface area contributed by atoms with E-state index in [0.717, 1.165) is 12.2 Å². The highest BCUT2D eigenvalue weighted by Crippen LogP contribution is 2.17. The number of nitrogens with zero attached hydrogens (tertiary/aromatic N) is 1. The van der Waals surface area contributed by atoms with Gasteiger partial charge in [0.2, 0.25) is 0 Å². The quantitative estimate of drug-likeness (QED) is 0.899. The zero-order valence-corrected chi connectivity index (χ0v) is 10.7. The van der Waals surface area contributed by atoms with Crippen LogP contribution in [0.25, 0.3) is 0 Å². The molecule has 0 saturated heterocycles. The molecular formula is C13H15FN2S. The summed E-state index contributed by atoms with van der Waals surface area (Å²) in [7, 11) is 0. The molecule has 17 heavy (non-hydrogen) atoms. The third-order valence-electron chi connectivity index (χ3n) is 2.73. The standard InChI is InChI=1S/C13H15FN2S/c1-9-5-6-17-13(9)8-15-10(2)12-4-3-11(14)7-16-12/h3-7,10,15H,8H2,1-2H3. The van der Waals surface area contributed by atoms with Crippen molar-refractivity contribution in [3.63, 3.8) is 0 Å². The van der Waals surface area contributed by atoms with E-state index >= 15 is 0 Å². The fourth-order valence-corrected chi connectivity index (χ4v) is 2.44. The second-order valence-corrected chi connectivity index (χ2v) is 5.03. The predicted octanol–water partition coefficient (Wildman–Crippen LogP) is 3.44. The molecule has 0 amide bonds. The molecule has 2 rings (SSSR count). The lowest BCUT2D eigenvalue weighted by atomic mass is 10.2. The van der Waals surface area contributed by atoms with Crippen LogP contribution in [-0.4, -0.2) is 4.98 Å². The van der Waals surface area contributed by atoms with Crippen molar-refractivity contribution >= 4 is 11.3 Å². The van der Waals surface area contributed by atoms with Gasteiger partial charge in [-0.15, -0.1) is 11.3 Å². The van der Waals surface area contributed by atoms with Crippen molar-refractivity contribution in [3.05, 3.63) is 51.7 Å². The van der Waals surface area contributed by atoms with Crippen molar-refractivity contribution in [2.24, 2.45) is 0 Å². The minimum Gasteiger partial charge on any atom is -0.304 e. The highest BCUT2D eigenvalue weighted by molar-refractivity contribution is 7.10. The molecule has 0 saturated carbocycles. The highest BCUT2D eigenvalue weighted by atomic mass is 32.1. The van der Waals surface area contributed by atoms with E-state index in [0.29, 0.717) is 0 Å². The zero-order valence-electron chi connectivity index (χ0n) is 9.90. The third kappa shape index (κ3) is 3.11. The molecule has 0 radical (unpaired) electrons. The highest BCUT2D eigenvalue weighted by Gasteiger charge is 2.07. The number of pyridine rings is 1. The minimum atomic E-state index is -0.296. The fourth-order valence-electron chi connectivity index (χ4n) is 1.58. The van der Waals surface area contributed by atoms with Gasteiger partial charge in [0.05, 0.1) is 11.9 Å². The number of aryl methyl sites for hydroxylation is 1. The van der Waals surface area contributed by atoms with Gasteiger partial charge in [0, 0.05) is 17.5 Å². The van der Waals surface area contributed by atoms with Crippen LogP contribution >= 0.6 is 11.3 Å². The first-order valence-corrected chi connectivity index (χ1v) is 6.42. The van der Waals surface area contributed by atoms with Crippen molar-refractivity contribution in [2.45, 2.75) is 26.4 Å². The number of rotatable bonds is 4. The van der Waals surface area contributed by atoms with Crippen molar-refractivity contribution in [3.8, 4) is 0 Å². The molecule has 2 nitrogen and oxygen atoms in total. The van der Waals surface area contributed by atoms with Crippen molar-refractivity contribution in [1.82, 2.24) is 10.3 Å². The zero-order chi connectivity index (χ0) is 12.3. The summed E-state index contributed by atoms with van der Waals surface area (Å²) < 4.78 is 12.7. The molecule has 2 aromatic heterocycles. The van der Waals surface area contributed by atoms with Crippen LogP contribution in [0.5, 0.6) is 0 Å². The fraction of sp³-hybridized carbons (Fsp3) is 0.308. The van der Waals surface area contributed by atoms with Gasteiger partial charge >= 0.3 is 0 Å². The van der Waals surface area contributed by atoms with Crippen LogP contribution in [-0.2, 0) is 6.54 Å². The molecule has 0 aliphatic rings. The number of hydrogen-bond donors (Lipinski definition) is 1. The molecule has 1 N–H and O–H groups in total. The van der Waals surface area contributed by atoms with Crippen molar-refractivity contribution < 1.29 is 4.39 Å². The Kier molecular flexibility index (Phi) is 3.86. The Bertz CT molecular complexity index is 478. The topological polar surface area (TPSA) is 24.9 Å². The average molecular weight is 250 g/mol. The normalized spacial score (nSPS) is 12.6. The Labute approximate surface area is 105 Å². The molecule has 1 atom stereocenters. The van der Waals surface area contributed by atoms with E-state index in [2.05, 4.69) is 28.7 Å². The van der Waals surface area contributed by atoms with E-state index in [4.69, 9.17) is 0 Å². The van der Waals surface area contributed by atoms with Gasteiger partial charge in [0.15, 0.2) is 0 Å². The van der Waals surface area contributed by atoms with Gasteiger partial charge in [-0.25, -0.2) is 4.39 Å². The summed E-state index contributed by atoms with van der Waals surface area (Å²) in [5.41, 5.74) is 2.17. The molecule has 0 aliphatic heterocycles. The maximum Gasteiger partial charge on any atom is 0.141 e. The molecule has 0 bridgehead atoms. The molecule has 2 heterocycles. The lowest BCUT2D eigenvalue weighted by Crippen LogP contribution is -2.18. The number of thiophene rings is 1. The first-order chi connectivity index (χ1) is 8.16. The Morgan fingerprint density at radius 3 is 2.82 bits per heavy atom. The van der Waals surface area contributed by atoms with Crippen LogP contribution in [0.3, 0.4) is 0 Å². The van der Waals surface area contributed by atoms with E-state index in [1.54, 1.807) is 17.4 Å². The lowest BCUT2D eigenvalue weighted by Gasteiger charge is -2.12. The van der Waals surface area contributed by atoms with Crippen molar-refractivity contribution in [2.75, 3.05) is 0 Å². The molecule has 1 unspecified atom stereocenters. The number of halogens is 1. The maximum absolute atomic E-state index is 12.7. The Balaban J connectivity index is 1.95. The van der Waals surface area contributed by atoms with Gasteiger partial charge < -0.3 is 5.32 Å². The van der Waals surface area contributed by atoms with E-state index < -0.39 is 0 Å². The second kappa shape index (κ2) is 5.38. The van der Waals surface area contributed by atoms with E-state index in [1.165, 1.54) is 22.7 Å². The number of nitrogens with one attached hydrogen (secondary N) is 1.